The largest absolute Gasteiger partial charge is 0.477 e. The third-order valence-corrected chi connectivity index (χ3v) is 4.39. The molecule has 2 N–H and O–H groups in total. The van der Waals surface area contributed by atoms with Gasteiger partial charge in [0.15, 0.2) is 0 Å². The van der Waals surface area contributed by atoms with Gasteiger partial charge >= 0.3 is 5.97 Å². The Morgan fingerprint density at radius 3 is 2.38 bits per heavy atom. The number of carboxylic acid groups (broad SMARTS) is 1. The van der Waals surface area contributed by atoms with Gasteiger partial charge in [0.1, 0.15) is 4.88 Å². The number of carboxylic acids is 1. The van der Waals surface area contributed by atoms with Crippen LogP contribution in [0, 0.1) is 0 Å². The molecule has 1 aromatic heterocycles. The Morgan fingerprint density at radius 2 is 1.81 bits per heavy atom. The molecule has 0 spiro atoms. The van der Waals surface area contributed by atoms with Crippen LogP contribution >= 0.6 is 11.3 Å². The van der Waals surface area contributed by atoms with Gasteiger partial charge in [0.05, 0.1) is 4.88 Å². The summed E-state index contributed by atoms with van der Waals surface area (Å²) in [6, 6.07) is 13.0. The molecular weight excluding hydrogens is 286 g/mol. The van der Waals surface area contributed by atoms with Gasteiger partial charge in [-0.3, -0.25) is 4.79 Å². The summed E-state index contributed by atoms with van der Waals surface area (Å²) in [5, 5.41) is 11.7. The van der Waals surface area contributed by atoms with Crippen LogP contribution in [0.4, 0.5) is 0 Å². The van der Waals surface area contributed by atoms with Crippen LogP contribution < -0.4 is 5.32 Å². The Morgan fingerprint density at radius 1 is 1.14 bits per heavy atom. The third-order valence-electron chi connectivity index (χ3n) is 3.31. The van der Waals surface area contributed by atoms with Gasteiger partial charge in [-0.25, -0.2) is 4.79 Å². The molecule has 0 radical (unpaired) electrons. The van der Waals surface area contributed by atoms with E-state index < -0.39 is 5.97 Å². The molecule has 5 heteroatoms. The number of hydrogen-bond donors (Lipinski definition) is 2. The van der Waals surface area contributed by atoms with Crippen molar-refractivity contribution in [2.24, 2.45) is 0 Å². The van der Waals surface area contributed by atoms with E-state index in [9.17, 15) is 9.59 Å². The highest BCUT2D eigenvalue weighted by Gasteiger charge is 2.15. The SMILES string of the molecule is CCC(CNC(=O)c1ccc(C(=O)O)s1)c1ccccc1. The molecule has 1 heterocycles. The van der Waals surface area contributed by atoms with Crippen molar-refractivity contribution < 1.29 is 14.7 Å². The number of hydrogen-bond acceptors (Lipinski definition) is 3. The van der Waals surface area contributed by atoms with Crippen LogP contribution in [0.1, 0.15) is 44.2 Å². The van der Waals surface area contributed by atoms with Gasteiger partial charge in [-0.15, -0.1) is 11.3 Å². The number of amides is 1. The van der Waals surface area contributed by atoms with E-state index in [0.29, 0.717) is 11.4 Å². The van der Waals surface area contributed by atoms with Gasteiger partial charge < -0.3 is 10.4 Å². The maximum Gasteiger partial charge on any atom is 0.345 e. The van der Waals surface area contributed by atoms with Crippen molar-refractivity contribution in [3.05, 3.63) is 57.8 Å². The second kappa shape index (κ2) is 7.04. The predicted molar refractivity (Wildman–Crippen MR) is 83.1 cm³/mol. The molecule has 0 saturated carbocycles. The lowest BCUT2D eigenvalue weighted by atomic mass is 9.96. The van der Waals surface area contributed by atoms with E-state index in [-0.39, 0.29) is 16.7 Å². The number of carbonyl (C=O) groups excluding carboxylic acids is 1. The molecule has 0 fully saturated rings. The first-order chi connectivity index (χ1) is 10.1. The van der Waals surface area contributed by atoms with Crippen molar-refractivity contribution in [3.8, 4) is 0 Å². The zero-order valence-corrected chi connectivity index (χ0v) is 12.5. The minimum absolute atomic E-state index is 0.176. The van der Waals surface area contributed by atoms with Crippen LogP contribution in [0.25, 0.3) is 0 Å². The van der Waals surface area contributed by atoms with Crippen molar-refractivity contribution in [3.63, 3.8) is 0 Å². The summed E-state index contributed by atoms with van der Waals surface area (Å²) in [6.45, 7) is 2.62. The van der Waals surface area contributed by atoms with Crippen LogP contribution in [0.2, 0.25) is 0 Å². The smallest absolute Gasteiger partial charge is 0.345 e. The van der Waals surface area contributed by atoms with Crippen molar-refractivity contribution in [1.29, 1.82) is 0 Å². The third kappa shape index (κ3) is 3.92. The summed E-state index contributed by atoms with van der Waals surface area (Å²) < 4.78 is 0. The number of aromatic carboxylic acids is 1. The van der Waals surface area contributed by atoms with E-state index in [1.54, 1.807) is 6.07 Å². The number of benzene rings is 1. The Balaban J connectivity index is 1.97. The second-order valence-electron chi connectivity index (χ2n) is 4.69. The fourth-order valence-corrected chi connectivity index (χ4v) is 2.86. The van der Waals surface area contributed by atoms with Crippen molar-refractivity contribution in [2.45, 2.75) is 19.3 Å². The van der Waals surface area contributed by atoms with Crippen molar-refractivity contribution in [1.82, 2.24) is 5.32 Å². The summed E-state index contributed by atoms with van der Waals surface area (Å²) in [5.74, 6) is -0.967. The highest BCUT2D eigenvalue weighted by atomic mass is 32.1. The Bertz CT molecular complexity index is 621. The monoisotopic (exact) mass is 303 g/mol. The predicted octanol–water partition coefficient (Wildman–Crippen LogP) is 3.37. The quantitative estimate of drug-likeness (QED) is 0.860. The minimum Gasteiger partial charge on any atom is -0.477 e. The van der Waals surface area contributed by atoms with E-state index >= 15 is 0 Å². The maximum atomic E-state index is 12.0. The molecule has 0 aliphatic rings. The lowest BCUT2D eigenvalue weighted by molar-refractivity contribution is 0.0702. The Labute approximate surface area is 127 Å². The normalized spacial score (nSPS) is 11.9. The van der Waals surface area contributed by atoms with Crippen LogP contribution in [0.5, 0.6) is 0 Å². The highest BCUT2D eigenvalue weighted by molar-refractivity contribution is 7.15. The number of rotatable bonds is 6. The van der Waals surface area contributed by atoms with Crippen LogP contribution in [-0.2, 0) is 0 Å². The van der Waals surface area contributed by atoms with Crippen LogP contribution in [0.15, 0.2) is 42.5 Å². The number of thiophene rings is 1. The molecule has 1 atom stereocenters. The van der Waals surface area contributed by atoms with E-state index in [0.717, 1.165) is 17.8 Å². The molecule has 1 amide bonds. The molecule has 0 aliphatic heterocycles. The average molecular weight is 303 g/mol. The summed E-state index contributed by atoms with van der Waals surface area (Å²) >= 11 is 0.993. The standard InChI is InChI=1S/C16H17NO3S/c1-2-11(12-6-4-3-5-7-12)10-17-15(18)13-8-9-14(21-13)16(19)20/h3-9,11H,2,10H2,1H3,(H,17,18)(H,19,20). The molecule has 21 heavy (non-hydrogen) atoms. The van der Waals surface area contributed by atoms with Crippen molar-refractivity contribution in [2.75, 3.05) is 6.54 Å². The van der Waals surface area contributed by atoms with E-state index in [4.69, 9.17) is 5.11 Å². The minimum atomic E-state index is -1.00. The topological polar surface area (TPSA) is 66.4 Å². The summed E-state index contributed by atoms with van der Waals surface area (Å²) in [4.78, 5) is 23.5. The fourth-order valence-electron chi connectivity index (χ4n) is 2.10. The molecule has 1 aromatic carbocycles. The van der Waals surface area contributed by atoms with Gasteiger partial charge in [0.2, 0.25) is 0 Å². The molecule has 4 nitrogen and oxygen atoms in total. The van der Waals surface area contributed by atoms with Gasteiger partial charge in [0, 0.05) is 12.5 Å². The fraction of sp³-hybridized carbons (Fsp3) is 0.250. The first-order valence-electron chi connectivity index (χ1n) is 6.78. The summed E-state index contributed by atoms with van der Waals surface area (Å²) in [5.41, 5.74) is 1.19. The molecule has 2 rings (SSSR count). The van der Waals surface area contributed by atoms with Gasteiger partial charge in [-0.2, -0.15) is 0 Å². The highest BCUT2D eigenvalue weighted by Crippen LogP contribution is 2.19. The van der Waals surface area contributed by atoms with Gasteiger partial charge in [0.25, 0.3) is 5.91 Å². The molecular formula is C16H17NO3S. The molecule has 0 bridgehead atoms. The van der Waals surface area contributed by atoms with E-state index in [2.05, 4.69) is 12.2 Å². The molecule has 110 valence electrons. The first kappa shape index (κ1) is 15.3. The zero-order valence-electron chi connectivity index (χ0n) is 11.7. The maximum absolute atomic E-state index is 12.0. The first-order valence-corrected chi connectivity index (χ1v) is 7.59. The average Bonchev–Trinajstić information content (AvgIpc) is 2.99. The van der Waals surface area contributed by atoms with Gasteiger partial charge in [-0.1, -0.05) is 37.3 Å². The van der Waals surface area contributed by atoms with Crippen molar-refractivity contribution >= 4 is 23.2 Å². The van der Waals surface area contributed by atoms with Crippen LogP contribution in [-0.4, -0.2) is 23.5 Å². The number of carbonyl (C=O) groups is 2. The number of nitrogens with one attached hydrogen (secondary N) is 1. The summed E-state index contributed by atoms with van der Waals surface area (Å²) in [7, 11) is 0. The lowest BCUT2D eigenvalue weighted by Crippen LogP contribution is -2.27. The van der Waals surface area contributed by atoms with E-state index in [1.807, 2.05) is 30.3 Å². The van der Waals surface area contributed by atoms with Gasteiger partial charge in [-0.05, 0) is 24.1 Å². The zero-order chi connectivity index (χ0) is 15.2. The van der Waals surface area contributed by atoms with E-state index in [1.165, 1.54) is 11.6 Å². The molecule has 2 aromatic rings. The Kier molecular flexibility index (Phi) is 5.11. The molecule has 1 unspecified atom stereocenters. The summed E-state index contributed by atoms with van der Waals surface area (Å²) in [6.07, 6.45) is 0.926. The molecule has 0 aliphatic carbocycles. The van der Waals surface area contributed by atoms with Crippen LogP contribution in [0.3, 0.4) is 0 Å². The second-order valence-corrected chi connectivity index (χ2v) is 5.78. The molecule has 0 saturated heterocycles. The Hall–Kier alpha value is -2.14. The lowest BCUT2D eigenvalue weighted by Gasteiger charge is -2.15.